The fourth-order valence-electron chi connectivity index (χ4n) is 8.22. The van der Waals surface area contributed by atoms with Gasteiger partial charge in [0.05, 0.1) is 11.4 Å². The molecule has 5 rings (SSSR count). The SMILES string of the molecule is CCC1=C(CC)/C2=C/c3c(CC)c(CC)c(n3C)/C=C3\CC(/C=c4/c(CC)c(CC)/c(n4P)=C/C1=N2)C(CC)=C3CC. The van der Waals surface area contributed by atoms with E-state index in [-0.39, 0.29) is 0 Å². The second-order valence-electron chi connectivity index (χ2n) is 12.0. The third-order valence-corrected chi connectivity index (χ3v) is 10.7. The van der Waals surface area contributed by atoms with Crippen LogP contribution in [0.3, 0.4) is 0 Å². The molecule has 0 fully saturated rings. The predicted octanol–water partition coefficient (Wildman–Crippen LogP) is 8.42. The van der Waals surface area contributed by atoms with Crippen molar-refractivity contribution < 1.29 is 0 Å². The number of fused-ring (bicyclic) bond motifs is 7. The van der Waals surface area contributed by atoms with Crippen LogP contribution in [0, 0.1) is 5.92 Å². The van der Waals surface area contributed by atoms with Crippen LogP contribution in [0.2, 0.25) is 0 Å². The molecular weight excluding hydrogens is 529 g/mol. The van der Waals surface area contributed by atoms with E-state index >= 15 is 0 Å². The third-order valence-electron chi connectivity index (χ3n) is 10.2. The number of aromatic nitrogens is 2. The monoisotopic (exact) mass is 581 g/mol. The Bertz CT molecular complexity index is 1690. The number of allylic oxidation sites excluding steroid dienone is 5. The van der Waals surface area contributed by atoms with Gasteiger partial charge >= 0.3 is 0 Å². The molecule has 4 heterocycles. The summed E-state index contributed by atoms with van der Waals surface area (Å²) in [5, 5.41) is 2.68. The van der Waals surface area contributed by atoms with Gasteiger partial charge in [0.15, 0.2) is 0 Å². The highest BCUT2D eigenvalue weighted by atomic mass is 31.0. The van der Waals surface area contributed by atoms with E-state index in [0.29, 0.717) is 5.92 Å². The van der Waals surface area contributed by atoms with E-state index in [1.165, 1.54) is 61.1 Å². The molecule has 8 bridgehead atoms. The summed E-state index contributed by atoms with van der Waals surface area (Å²) in [6, 6.07) is 0. The minimum atomic E-state index is 0.435. The zero-order valence-electron chi connectivity index (χ0n) is 27.7. The van der Waals surface area contributed by atoms with Gasteiger partial charge in [-0.3, -0.25) is 0 Å². The largest absolute Gasteiger partial charge is 0.344 e. The van der Waals surface area contributed by atoms with Crippen LogP contribution < -0.4 is 10.7 Å². The molecule has 3 nitrogen and oxygen atoms in total. The van der Waals surface area contributed by atoms with Crippen molar-refractivity contribution in [3.05, 3.63) is 77.9 Å². The van der Waals surface area contributed by atoms with Crippen LogP contribution in [0.5, 0.6) is 0 Å². The lowest BCUT2D eigenvalue weighted by atomic mass is 9.96. The molecule has 2 aromatic rings. The maximum atomic E-state index is 5.40. The molecule has 42 heavy (non-hydrogen) atoms. The highest BCUT2D eigenvalue weighted by Gasteiger charge is 2.29. The van der Waals surface area contributed by atoms with Crippen LogP contribution in [-0.2, 0) is 32.7 Å². The molecule has 1 aliphatic carbocycles. The topological polar surface area (TPSA) is 22.2 Å². The Morgan fingerprint density at radius 3 is 1.79 bits per heavy atom. The summed E-state index contributed by atoms with van der Waals surface area (Å²) in [5.41, 5.74) is 18.5. The fraction of sp³-hybridized carbons (Fsp3) is 0.500. The Morgan fingerprint density at radius 1 is 0.667 bits per heavy atom. The molecule has 2 unspecified atom stereocenters. The maximum absolute atomic E-state index is 5.40. The molecule has 0 spiro atoms. The van der Waals surface area contributed by atoms with Crippen molar-refractivity contribution in [3.63, 3.8) is 0 Å². The smallest absolute Gasteiger partial charge is 0.0693 e. The second kappa shape index (κ2) is 12.5. The van der Waals surface area contributed by atoms with Crippen LogP contribution in [0.25, 0.3) is 24.3 Å². The molecule has 4 heteroatoms. The first-order chi connectivity index (χ1) is 20.3. The fourth-order valence-corrected chi connectivity index (χ4v) is 8.69. The molecule has 2 atom stereocenters. The lowest BCUT2D eigenvalue weighted by Gasteiger charge is -2.10. The highest BCUT2D eigenvalue weighted by Crippen LogP contribution is 2.43. The molecule has 0 aromatic carbocycles. The Balaban J connectivity index is 1.96. The van der Waals surface area contributed by atoms with Gasteiger partial charge < -0.3 is 8.90 Å². The van der Waals surface area contributed by atoms with Gasteiger partial charge in [-0.1, -0.05) is 67.0 Å². The van der Waals surface area contributed by atoms with E-state index in [4.69, 9.17) is 4.99 Å². The van der Waals surface area contributed by atoms with Gasteiger partial charge in [-0.2, -0.15) is 0 Å². The van der Waals surface area contributed by atoms with E-state index in [2.05, 4.69) is 105 Å². The molecule has 0 radical (unpaired) electrons. The molecule has 0 amide bonds. The Labute approximate surface area is 256 Å². The Hall–Kier alpha value is -2.64. The molecule has 2 aromatic heterocycles. The molecule has 2 aliphatic heterocycles. The summed E-state index contributed by atoms with van der Waals surface area (Å²) < 4.78 is 4.87. The van der Waals surface area contributed by atoms with Crippen molar-refractivity contribution >= 4 is 39.4 Å². The van der Waals surface area contributed by atoms with Crippen LogP contribution in [0.4, 0.5) is 0 Å². The van der Waals surface area contributed by atoms with Gasteiger partial charge in [0, 0.05) is 35.1 Å². The van der Waals surface area contributed by atoms with Crippen molar-refractivity contribution in [1.29, 1.82) is 0 Å². The van der Waals surface area contributed by atoms with Crippen molar-refractivity contribution in [2.75, 3.05) is 0 Å². The lowest BCUT2D eigenvalue weighted by Crippen LogP contribution is -2.23. The van der Waals surface area contributed by atoms with E-state index in [1.807, 2.05) is 0 Å². The van der Waals surface area contributed by atoms with Gasteiger partial charge in [-0.25, -0.2) is 4.99 Å². The van der Waals surface area contributed by atoms with E-state index in [9.17, 15) is 0 Å². The number of aliphatic imine (C=N–C) groups is 1. The highest BCUT2D eigenvalue weighted by molar-refractivity contribution is 7.14. The minimum absolute atomic E-state index is 0.435. The van der Waals surface area contributed by atoms with Crippen LogP contribution in [0.1, 0.15) is 121 Å². The molecule has 3 aliphatic rings. The number of hydrogen-bond donors (Lipinski definition) is 0. The van der Waals surface area contributed by atoms with Crippen molar-refractivity contribution in [3.8, 4) is 0 Å². The van der Waals surface area contributed by atoms with Crippen LogP contribution in [0.15, 0.2) is 38.6 Å². The Kier molecular flexibility index (Phi) is 9.19. The summed E-state index contributed by atoms with van der Waals surface area (Å²) >= 11 is 0. The minimum Gasteiger partial charge on any atom is -0.344 e. The average Bonchev–Trinajstić information content (AvgIpc) is 3.67. The van der Waals surface area contributed by atoms with Gasteiger partial charge in [-0.15, -0.1) is 0 Å². The summed E-state index contributed by atoms with van der Waals surface area (Å²) in [6.07, 6.45) is 19.4. The summed E-state index contributed by atoms with van der Waals surface area (Å²) in [6.45, 7) is 18.6. The zero-order chi connectivity index (χ0) is 30.3. The normalized spacial score (nSPS) is 22.4. The van der Waals surface area contributed by atoms with E-state index in [1.54, 1.807) is 11.1 Å². The quantitative estimate of drug-likeness (QED) is 0.279. The number of nitrogens with zero attached hydrogens (tertiary/aromatic N) is 3. The second-order valence-corrected chi connectivity index (χ2v) is 12.5. The van der Waals surface area contributed by atoms with Crippen molar-refractivity contribution in [2.24, 2.45) is 18.0 Å². The number of rotatable bonds is 8. The zero-order valence-corrected chi connectivity index (χ0v) is 28.8. The molecule has 224 valence electrons. The van der Waals surface area contributed by atoms with Gasteiger partial charge in [0.1, 0.15) is 0 Å². The van der Waals surface area contributed by atoms with Crippen molar-refractivity contribution in [1.82, 2.24) is 8.90 Å². The van der Waals surface area contributed by atoms with Gasteiger partial charge in [0.2, 0.25) is 0 Å². The molecular formula is C38H52N3P. The third kappa shape index (κ3) is 4.81. The first-order valence-corrected chi connectivity index (χ1v) is 17.2. The first-order valence-electron chi connectivity index (χ1n) is 16.7. The van der Waals surface area contributed by atoms with E-state index < -0.39 is 0 Å². The van der Waals surface area contributed by atoms with Gasteiger partial charge in [0.25, 0.3) is 0 Å². The average molecular weight is 582 g/mol. The Morgan fingerprint density at radius 2 is 1.24 bits per heavy atom. The number of hydrogen-bond acceptors (Lipinski definition) is 1. The van der Waals surface area contributed by atoms with Crippen LogP contribution >= 0.6 is 9.39 Å². The maximum Gasteiger partial charge on any atom is 0.0693 e. The van der Waals surface area contributed by atoms with E-state index in [0.717, 1.165) is 69.2 Å². The first kappa shape index (κ1) is 30.8. The molecule has 0 saturated heterocycles. The lowest BCUT2D eigenvalue weighted by molar-refractivity contribution is 0.796. The van der Waals surface area contributed by atoms with Gasteiger partial charge in [-0.05, 0) is 130 Å². The van der Waals surface area contributed by atoms with Crippen molar-refractivity contribution in [2.45, 2.75) is 113 Å². The summed E-state index contributed by atoms with van der Waals surface area (Å²) in [5.74, 6) is 0.435. The predicted molar refractivity (Wildman–Crippen MR) is 187 cm³/mol. The summed E-state index contributed by atoms with van der Waals surface area (Å²) in [7, 11) is 5.36. The summed E-state index contributed by atoms with van der Waals surface area (Å²) in [4.78, 5) is 5.40. The standard InChI is InChI=1S/C38H52N3P/c1-10-25-23-18-24(26(25)11-2)20-37-31(16-7)32(17-8)38(41(37)42)22-34-28(13-4)27(12-3)33(39-34)21-36-30(15-6)29(14-5)35(19-23)40(36)9/h19-22,24H,10-18,42H2,1-9H3/b23-19+,33-21-,37-20-,38-22-. The van der Waals surface area contributed by atoms with Crippen LogP contribution in [-0.4, -0.2) is 14.6 Å². The molecule has 0 saturated carbocycles. The molecule has 0 N–H and O–H groups in total.